The predicted octanol–water partition coefficient (Wildman–Crippen LogP) is 1.44. The van der Waals surface area contributed by atoms with Crippen molar-refractivity contribution in [1.29, 1.82) is 0 Å². The Bertz CT molecular complexity index is 334. The summed E-state index contributed by atoms with van der Waals surface area (Å²) in [6.45, 7) is 7.72. The number of ether oxygens (including phenoxy) is 1. The number of methoxy groups -OCH3 is 1. The monoisotopic (exact) mass is 287 g/mol. The van der Waals surface area contributed by atoms with Crippen molar-refractivity contribution in [2.24, 2.45) is 5.92 Å². The maximum atomic E-state index is 4.98. The number of hydrogen-bond donors (Lipinski definition) is 1. The molecule has 1 aromatic rings. The van der Waals surface area contributed by atoms with Crippen LogP contribution in [-0.4, -0.2) is 52.8 Å². The molecule has 0 saturated carbocycles. The third-order valence-electron chi connectivity index (χ3n) is 2.76. The van der Waals surface area contributed by atoms with Crippen molar-refractivity contribution in [3.63, 3.8) is 0 Å². The SMILES string of the molecule is CCCC(C)CSc1nnnn1CCNCCOC. The van der Waals surface area contributed by atoms with Gasteiger partial charge in [-0.15, -0.1) is 5.10 Å². The number of thioether (sulfide) groups is 1. The lowest BCUT2D eigenvalue weighted by atomic mass is 10.1. The van der Waals surface area contributed by atoms with Gasteiger partial charge in [-0.25, -0.2) is 4.68 Å². The lowest BCUT2D eigenvalue weighted by molar-refractivity contribution is 0.199. The fourth-order valence-electron chi connectivity index (χ4n) is 1.72. The molecule has 0 spiro atoms. The number of nitrogens with one attached hydrogen (secondary N) is 1. The van der Waals surface area contributed by atoms with E-state index in [4.69, 9.17) is 4.74 Å². The van der Waals surface area contributed by atoms with E-state index in [1.54, 1.807) is 18.9 Å². The molecule has 0 saturated heterocycles. The van der Waals surface area contributed by atoms with Gasteiger partial charge in [0.2, 0.25) is 5.16 Å². The molecule has 0 bridgehead atoms. The highest BCUT2D eigenvalue weighted by atomic mass is 32.2. The first-order valence-corrected chi connectivity index (χ1v) is 7.85. The molecule has 1 unspecified atom stereocenters. The van der Waals surface area contributed by atoms with Crippen molar-refractivity contribution in [2.45, 2.75) is 38.4 Å². The lowest BCUT2D eigenvalue weighted by Gasteiger charge is -2.09. The molecule has 0 aliphatic rings. The third-order valence-corrected chi connectivity index (χ3v) is 4.05. The first kappa shape index (κ1) is 16.4. The summed E-state index contributed by atoms with van der Waals surface area (Å²) in [5.74, 6) is 1.78. The zero-order chi connectivity index (χ0) is 13.9. The van der Waals surface area contributed by atoms with E-state index < -0.39 is 0 Å². The summed E-state index contributed by atoms with van der Waals surface area (Å²) >= 11 is 1.74. The van der Waals surface area contributed by atoms with Crippen LogP contribution in [0.1, 0.15) is 26.7 Å². The Labute approximate surface area is 119 Å². The molecule has 0 amide bonds. The summed E-state index contributed by atoms with van der Waals surface area (Å²) in [6, 6.07) is 0. The van der Waals surface area contributed by atoms with Gasteiger partial charge in [0.15, 0.2) is 0 Å². The van der Waals surface area contributed by atoms with Crippen LogP contribution >= 0.6 is 11.8 Å². The van der Waals surface area contributed by atoms with E-state index in [0.717, 1.165) is 37.2 Å². The van der Waals surface area contributed by atoms with Crippen LogP contribution in [0.5, 0.6) is 0 Å². The van der Waals surface area contributed by atoms with Gasteiger partial charge in [-0.1, -0.05) is 38.5 Å². The second kappa shape index (κ2) is 10.2. The Morgan fingerprint density at radius 1 is 1.42 bits per heavy atom. The molecule has 0 aliphatic carbocycles. The highest BCUT2D eigenvalue weighted by molar-refractivity contribution is 7.99. The lowest BCUT2D eigenvalue weighted by Crippen LogP contribution is -2.24. The zero-order valence-electron chi connectivity index (χ0n) is 12.1. The van der Waals surface area contributed by atoms with Crippen LogP contribution < -0.4 is 5.32 Å². The molecule has 1 heterocycles. The van der Waals surface area contributed by atoms with Crippen LogP contribution in [-0.2, 0) is 11.3 Å². The molecule has 19 heavy (non-hydrogen) atoms. The minimum Gasteiger partial charge on any atom is -0.383 e. The topological polar surface area (TPSA) is 64.9 Å². The molecule has 1 atom stereocenters. The predicted molar refractivity (Wildman–Crippen MR) is 77.4 cm³/mol. The average molecular weight is 287 g/mol. The summed E-state index contributed by atoms with van der Waals surface area (Å²) in [6.07, 6.45) is 2.49. The summed E-state index contributed by atoms with van der Waals surface area (Å²) < 4.78 is 6.84. The van der Waals surface area contributed by atoms with Gasteiger partial charge >= 0.3 is 0 Å². The summed E-state index contributed by atoms with van der Waals surface area (Å²) in [4.78, 5) is 0. The summed E-state index contributed by atoms with van der Waals surface area (Å²) in [5, 5.41) is 16.0. The van der Waals surface area contributed by atoms with Crippen LogP contribution in [0.3, 0.4) is 0 Å². The molecule has 0 fully saturated rings. The highest BCUT2D eigenvalue weighted by Gasteiger charge is 2.08. The molecule has 0 radical (unpaired) electrons. The normalized spacial score (nSPS) is 12.8. The Morgan fingerprint density at radius 2 is 2.26 bits per heavy atom. The quantitative estimate of drug-likeness (QED) is 0.491. The van der Waals surface area contributed by atoms with E-state index in [1.807, 2.05) is 4.68 Å². The molecule has 110 valence electrons. The van der Waals surface area contributed by atoms with E-state index in [1.165, 1.54) is 12.8 Å². The van der Waals surface area contributed by atoms with E-state index in [2.05, 4.69) is 34.7 Å². The van der Waals surface area contributed by atoms with Gasteiger partial charge in [0.1, 0.15) is 0 Å². The van der Waals surface area contributed by atoms with Crippen LogP contribution in [0.4, 0.5) is 0 Å². The van der Waals surface area contributed by atoms with Crippen molar-refractivity contribution in [3.8, 4) is 0 Å². The van der Waals surface area contributed by atoms with Crippen LogP contribution in [0.2, 0.25) is 0 Å². The first-order valence-electron chi connectivity index (χ1n) is 6.86. The minimum absolute atomic E-state index is 0.708. The number of hydrogen-bond acceptors (Lipinski definition) is 6. The van der Waals surface area contributed by atoms with E-state index >= 15 is 0 Å². The molecule has 0 aliphatic heterocycles. The average Bonchev–Trinajstić information content (AvgIpc) is 2.84. The van der Waals surface area contributed by atoms with Crippen molar-refractivity contribution >= 4 is 11.8 Å². The molecule has 0 aromatic carbocycles. The zero-order valence-corrected chi connectivity index (χ0v) is 12.9. The molecule has 1 N–H and O–H groups in total. The third kappa shape index (κ3) is 6.89. The van der Waals surface area contributed by atoms with Gasteiger partial charge in [-0.05, 0) is 16.3 Å². The van der Waals surface area contributed by atoms with Gasteiger partial charge in [0.05, 0.1) is 13.2 Å². The standard InChI is InChI=1S/C12H25N5OS/c1-4-5-11(2)10-19-12-14-15-16-17(12)8-6-13-7-9-18-3/h11,13H,4-10H2,1-3H3. The Kier molecular flexibility index (Phi) is 8.77. The van der Waals surface area contributed by atoms with Gasteiger partial charge < -0.3 is 10.1 Å². The van der Waals surface area contributed by atoms with Crippen LogP contribution in [0.25, 0.3) is 0 Å². The smallest absolute Gasteiger partial charge is 0.209 e. The maximum absolute atomic E-state index is 4.98. The second-order valence-electron chi connectivity index (χ2n) is 4.63. The van der Waals surface area contributed by atoms with Crippen LogP contribution in [0, 0.1) is 5.92 Å². The first-order chi connectivity index (χ1) is 9.27. The summed E-state index contributed by atoms with van der Waals surface area (Å²) in [7, 11) is 1.70. The Morgan fingerprint density at radius 3 is 3.00 bits per heavy atom. The van der Waals surface area contributed by atoms with Crippen LogP contribution in [0.15, 0.2) is 5.16 Å². The van der Waals surface area contributed by atoms with Crippen molar-refractivity contribution in [2.75, 3.05) is 32.6 Å². The second-order valence-corrected chi connectivity index (χ2v) is 5.62. The van der Waals surface area contributed by atoms with Crippen molar-refractivity contribution in [1.82, 2.24) is 25.5 Å². The fourth-order valence-corrected chi connectivity index (χ4v) is 2.69. The van der Waals surface area contributed by atoms with Gasteiger partial charge in [0.25, 0.3) is 0 Å². The minimum atomic E-state index is 0.708. The molecule has 1 aromatic heterocycles. The molecule has 6 nitrogen and oxygen atoms in total. The van der Waals surface area contributed by atoms with Crippen molar-refractivity contribution < 1.29 is 4.74 Å². The van der Waals surface area contributed by atoms with E-state index in [0.29, 0.717) is 5.92 Å². The summed E-state index contributed by atoms with van der Waals surface area (Å²) in [5.41, 5.74) is 0. The Hall–Kier alpha value is -0.660. The van der Waals surface area contributed by atoms with Gasteiger partial charge in [-0.3, -0.25) is 0 Å². The van der Waals surface area contributed by atoms with Crippen molar-refractivity contribution in [3.05, 3.63) is 0 Å². The molecule has 7 heteroatoms. The van der Waals surface area contributed by atoms with E-state index in [9.17, 15) is 0 Å². The number of rotatable bonds is 11. The molecular formula is C12H25N5OS. The number of nitrogens with zero attached hydrogens (tertiary/aromatic N) is 4. The van der Waals surface area contributed by atoms with Gasteiger partial charge in [0, 0.05) is 26.0 Å². The molecule has 1 rings (SSSR count). The number of tetrazole rings is 1. The van der Waals surface area contributed by atoms with Gasteiger partial charge in [-0.2, -0.15) is 0 Å². The van der Waals surface area contributed by atoms with E-state index in [-0.39, 0.29) is 0 Å². The largest absolute Gasteiger partial charge is 0.383 e. The highest BCUT2D eigenvalue weighted by Crippen LogP contribution is 2.19. The fraction of sp³-hybridized carbons (Fsp3) is 0.917. The maximum Gasteiger partial charge on any atom is 0.209 e. The molecular weight excluding hydrogens is 262 g/mol. The Balaban J connectivity index is 2.25. The number of aromatic nitrogens is 4.